The highest BCUT2D eigenvalue weighted by molar-refractivity contribution is 7.51. The van der Waals surface area contributed by atoms with Crippen LogP contribution in [-0.2, 0) is 14.1 Å². The Morgan fingerprint density at radius 3 is 1.93 bits per heavy atom. The van der Waals surface area contributed by atoms with E-state index < -0.39 is 18.7 Å². The molecule has 0 saturated carbocycles. The van der Waals surface area contributed by atoms with Gasteiger partial charge in [0.1, 0.15) is 0 Å². The zero-order valence-electron chi connectivity index (χ0n) is 8.61. The van der Waals surface area contributed by atoms with Crippen LogP contribution in [0.25, 0.3) is 0 Å². The van der Waals surface area contributed by atoms with Gasteiger partial charge in [-0.3, -0.25) is 4.79 Å². The highest BCUT2D eigenvalue weighted by Gasteiger charge is 2.39. The van der Waals surface area contributed by atoms with E-state index in [2.05, 4.69) is 4.74 Å². The Morgan fingerprint density at radius 2 is 1.71 bits per heavy atom. The minimum Gasteiger partial charge on any atom is -0.810 e. The molecule has 0 saturated heterocycles. The molecule has 0 aromatic heterocycles. The average Bonchev–Trinajstić information content (AvgIpc) is 2.05. The van der Waals surface area contributed by atoms with Crippen LogP contribution >= 0.6 is 7.60 Å². The lowest BCUT2D eigenvalue weighted by Gasteiger charge is -2.46. The molecule has 0 atom stereocenters. The van der Waals surface area contributed by atoms with Crippen molar-refractivity contribution in [3.8, 4) is 0 Å². The summed E-state index contributed by atoms with van der Waals surface area (Å²) in [6.45, 7) is 4.61. The maximum Gasteiger partial charge on any atom is 0.317 e. The third-order valence-corrected chi connectivity index (χ3v) is 4.21. The molecule has 0 aliphatic rings. The zero-order chi connectivity index (χ0) is 11.4. The van der Waals surface area contributed by atoms with Gasteiger partial charge in [-0.25, -0.2) is 0 Å². The zero-order valence-corrected chi connectivity index (χ0v) is 9.50. The van der Waals surface area contributed by atoms with Crippen LogP contribution in [0.3, 0.4) is 0 Å². The van der Waals surface area contributed by atoms with E-state index in [0.717, 1.165) is 0 Å². The lowest BCUT2D eigenvalue weighted by Crippen LogP contribution is -2.46. The summed E-state index contributed by atoms with van der Waals surface area (Å²) in [4.78, 5) is 33.4. The molecular weight excluding hydrogens is 207 g/mol. The third-order valence-electron chi connectivity index (χ3n) is 2.35. The predicted molar refractivity (Wildman–Crippen MR) is 47.6 cm³/mol. The minimum absolute atomic E-state index is 0.0490. The molecule has 84 valence electrons. The molecule has 14 heavy (non-hydrogen) atoms. The molecule has 0 unspecified atom stereocenters. The minimum atomic E-state index is -4.97. The lowest BCUT2D eigenvalue weighted by atomic mass is 10.0. The summed E-state index contributed by atoms with van der Waals surface area (Å²) in [5.41, 5.74) is 0. The third kappa shape index (κ3) is 2.35. The van der Waals surface area contributed by atoms with Crippen LogP contribution in [0.1, 0.15) is 33.6 Å². The van der Waals surface area contributed by atoms with Crippen molar-refractivity contribution in [2.24, 2.45) is 0 Å². The molecule has 0 aromatic carbocycles. The van der Waals surface area contributed by atoms with E-state index in [1.165, 1.54) is 13.8 Å². The van der Waals surface area contributed by atoms with Gasteiger partial charge in [0.15, 0.2) is 0 Å². The van der Waals surface area contributed by atoms with Crippen molar-refractivity contribution in [3.63, 3.8) is 0 Å². The van der Waals surface area contributed by atoms with Gasteiger partial charge in [0.2, 0.25) is 0 Å². The molecule has 0 bridgehead atoms. The van der Waals surface area contributed by atoms with E-state index in [0.29, 0.717) is 0 Å². The molecule has 0 rings (SSSR count). The molecule has 6 heteroatoms. The van der Waals surface area contributed by atoms with Gasteiger partial charge >= 0.3 is 5.97 Å². The monoisotopic (exact) mass is 222 g/mol. The maximum atomic E-state index is 11.4. The summed E-state index contributed by atoms with van der Waals surface area (Å²) >= 11 is 0. The molecule has 0 aromatic rings. The van der Waals surface area contributed by atoms with Gasteiger partial charge in [-0.05, 0) is 27.4 Å². The maximum absolute atomic E-state index is 11.4. The largest absolute Gasteiger partial charge is 0.810 e. The fraction of sp³-hybridized carbons (Fsp3) is 0.875. The Labute approximate surface area is 83.6 Å². The fourth-order valence-corrected chi connectivity index (χ4v) is 2.37. The molecule has 5 nitrogen and oxygen atoms in total. The number of carbonyl (C=O) groups excluding carboxylic acids is 1. The highest BCUT2D eigenvalue weighted by Crippen LogP contribution is 2.48. The molecule has 0 aliphatic heterocycles. The Morgan fingerprint density at radius 1 is 1.29 bits per heavy atom. The van der Waals surface area contributed by atoms with E-state index in [-0.39, 0.29) is 19.4 Å². The molecule has 0 fully saturated rings. The van der Waals surface area contributed by atoms with Gasteiger partial charge in [0.25, 0.3) is 0 Å². The highest BCUT2D eigenvalue weighted by atomic mass is 31.2. The van der Waals surface area contributed by atoms with E-state index in [1.54, 1.807) is 6.92 Å². The second-order valence-corrected chi connectivity index (χ2v) is 4.81. The van der Waals surface area contributed by atoms with Crippen LogP contribution in [-0.4, -0.2) is 17.7 Å². The molecule has 0 amide bonds. The standard InChI is InChI=1S/C8H17O5P/c1-4-8(5-2,14(10,11)12)7(9)13-6-3/h4-6H2,1-3H3,(H2,10,11,12)/p-2. The SMILES string of the molecule is CCOC(=O)C(CC)(CC)P(=O)([O-])[O-]. The van der Waals surface area contributed by atoms with Gasteiger partial charge in [-0.1, -0.05) is 13.8 Å². The molecule has 0 aliphatic carbocycles. The van der Waals surface area contributed by atoms with Gasteiger partial charge in [0.05, 0.1) is 11.8 Å². The molecule has 0 radical (unpaired) electrons. The molecule has 0 spiro atoms. The topological polar surface area (TPSA) is 89.5 Å². The lowest BCUT2D eigenvalue weighted by molar-refractivity contribution is -0.320. The summed E-state index contributed by atoms with van der Waals surface area (Å²) in [6, 6.07) is 0. The van der Waals surface area contributed by atoms with Crippen molar-refractivity contribution >= 4 is 13.6 Å². The summed E-state index contributed by atoms with van der Waals surface area (Å²) in [7, 11) is -4.97. The van der Waals surface area contributed by atoms with Crippen molar-refractivity contribution in [3.05, 3.63) is 0 Å². The van der Waals surface area contributed by atoms with E-state index in [9.17, 15) is 19.1 Å². The summed E-state index contributed by atoms with van der Waals surface area (Å²) < 4.78 is 15.6. The molecule has 0 N–H and O–H groups in total. The second kappa shape index (κ2) is 4.91. The fourth-order valence-electron chi connectivity index (χ4n) is 1.30. The van der Waals surface area contributed by atoms with Gasteiger partial charge < -0.3 is 19.1 Å². The number of hydrogen-bond donors (Lipinski definition) is 0. The quantitative estimate of drug-likeness (QED) is 0.483. The van der Waals surface area contributed by atoms with Crippen molar-refractivity contribution in [2.75, 3.05) is 6.61 Å². The van der Waals surface area contributed by atoms with Gasteiger partial charge in [-0.2, -0.15) is 0 Å². The normalized spacial score (nSPS) is 12.6. The Bertz CT molecular complexity index is 240. The first kappa shape index (κ1) is 13.6. The number of esters is 1. The van der Waals surface area contributed by atoms with Crippen LogP contribution < -0.4 is 9.79 Å². The van der Waals surface area contributed by atoms with Crippen LogP contribution in [0, 0.1) is 0 Å². The number of carbonyl (C=O) groups is 1. The summed E-state index contributed by atoms with van der Waals surface area (Å²) in [6.07, 6.45) is -0.0980. The Balaban J connectivity index is 5.08. The van der Waals surface area contributed by atoms with Crippen molar-refractivity contribution in [2.45, 2.75) is 38.8 Å². The molecular formula is C8H15O5P-2. The van der Waals surface area contributed by atoms with Crippen LogP contribution in [0.5, 0.6) is 0 Å². The Hall–Kier alpha value is -0.380. The van der Waals surface area contributed by atoms with Crippen LogP contribution in [0.2, 0.25) is 0 Å². The smallest absolute Gasteiger partial charge is 0.317 e. The van der Waals surface area contributed by atoms with Gasteiger partial charge in [0, 0.05) is 0 Å². The van der Waals surface area contributed by atoms with Crippen LogP contribution in [0.15, 0.2) is 0 Å². The van der Waals surface area contributed by atoms with E-state index in [1.807, 2.05) is 0 Å². The van der Waals surface area contributed by atoms with E-state index >= 15 is 0 Å². The van der Waals surface area contributed by atoms with Gasteiger partial charge in [-0.15, -0.1) is 0 Å². The van der Waals surface area contributed by atoms with Crippen molar-refractivity contribution in [1.82, 2.24) is 0 Å². The van der Waals surface area contributed by atoms with E-state index in [4.69, 9.17) is 0 Å². The molecule has 0 heterocycles. The number of hydrogen-bond acceptors (Lipinski definition) is 5. The summed E-state index contributed by atoms with van der Waals surface area (Å²) in [5, 5.41) is -1.89. The first-order valence-electron chi connectivity index (χ1n) is 4.55. The summed E-state index contributed by atoms with van der Waals surface area (Å²) in [5.74, 6) is -0.932. The van der Waals surface area contributed by atoms with Crippen LogP contribution in [0.4, 0.5) is 0 Å². The Kier molecular flexibility index (Phi) is 4.78. The number of rotatable bonds is 5. The van der Waals surface area contributed by atoms with Crippen molar-refractivity contribution < 1.29 is 23.9 Å². The first-order valence-corrected chi connectivity index (χ1v) is 6.09. The first-order chi connectivity index (χ1) is 6.35. The number of ether oxygens (including phenoxy) is 1. The predicted octanol–water partition coefficient (Wildman–Crippen LogP) is 0.0220. The average molecular weight is 222 g/mol. The van der Waals surface area contributed by atoms with Crippen molar-refractivity contribution in [1.29, 1.82) is 0 Å². The second-order valence-electron chi connectivity index (χ2n) is 2.96.